The van der Waals surface area contributed by atoms with Gasteiger partial charge in [-0.05, 0) is 42.5 Å². The van der Waals surface area contributed by atoms with E-state index in [-0.39, 0.29) is 23.3 Å². The zero-order valence-corrected chi connectivity index (χ0v) is 12.2. The van der Waals surface area contributed by atoms with E-state index in [0.29, 0.717) is 18.8 Å². The first-order valence-electron chi connectivity index (χ1n) is 6.09. The van der Waals surface area contributed by atoms with E-state index < -0.39 is 17.8 Å². The number of rotatable bonds is 2. The second kappa shape index (κ2) is 6.98. The molecule has 0 amide bonds. The van der Waals surface area contributed by atoms with Crippen LogP contribution in [0, 0.1) is 5.92 Å². The van der Waals surface area contributed by atoms with Gasteiger partial charge in [0.25, 0.3) is 0 Å². The average molecular weight is 330 g/mol. The molecule has 20 heavy (non-hydrogen) atoms. The molecule has 2 N–H and O–H groups in total. The molecule has 0 spiro atoms. The Morgan fingerprint density at radius 3 is 2.40 bits per heavy atom. The van der Waals surface area contributed by atoms with E-state index in [4.69, 9.17) is 22.1 Å². The molecule has 1 atom stereocenters. The Balaban J connectivity index is 0.00000200. The van der Waals surface area contributed by atoms with Crippen molar-refractivity contribution in [1.29, 1.82) is 0 Å². The van der Waals surface area contributed by atoms with Gasteiger partial charge in [-0.25, -0.2) is 0 Å². The smallest absolute Gasteiger partial charge is 0.381 e. The van der Waals surface area contributed by atoms with Gasteiger partial charge in [0.15, 0.2) is 0 Å². The van der Waals surface area contributed by atoms with Gasteiger partial charge in [-0.1, -0.05) is 11.6 Å². The van der Waals surface area contributed by atoms with Crippen LogP contribution < -0.4 is 5.73 Å². The van der Waals surface area contributed by atoms with Gasteiger partial charge in [0.1, 0.15) is 0 Å². The van der Waals surface area contributed by atoms with Crippen molar-refractivity contribution >= 4 is 24.0 Å². The maximum absolute atomic E-state index is 12.7. The Morgan fingerprint density at radius 1 is 1.25 bits per heavy atom. The van der Waals surface area contributed by atoms with Crippen LogP contribution in [0.5, 0.6) is 0 Å². The Bertz CT molecular complexity index is 448. The molecule has 1 aliphatic rings. The molecular formula is C13H16Cl2F3NO. The highest BCUT2D eigenvalue weighted by atomic mass is 35.5. The highest BCUT2D eigenvalue weighted by Crippen LogP contribution is 2.36. The van der Waals surface area contributed by atoms with Crippen molar-refractivity contribution in [2.75, 3.05) is 13.2 Å². The van der Waals surface area contributed by atoms with E-state index in [1.54, 1.807) is 0 Å². The van der Waals surface area contributed by atoms with Crippen molar-refractivity contribution in [3.05, 3.63) is 34.3 Å². The lowest BCUT2D eigenvalue weighted by molar-refractivity contribution is -0.137. The first-order chi connectivity index (χ1) is 8.89. The summed E-state index contributed by atoms with van der Waals surface area (Å²) in [5, 5.41) is 0.284. The summed E-state index contributed by atoms with van der Waals surface area (Å²) in [5.74, 6) is 0.106. The Hall–Kier alpha value is -0.490. The van der Waals surface area contributed by atoms with Gasteiger partial charge in [0.2, 0.25) is 0 Å². The molecule has 1 aliphatic heterocycles. The standard InChI is InChI=1S/C13H15ClF3NO.ClH/c14-11-2-1-9(13(15,16)17)7-10(11)12(18)8-3-5-19-6-4-8;/h1-2,7-8,12H,3-6,18H2;1H/t12-;/m0./s1. The molecule has 2 rings (SSSR count). The van der Waals surface area contributed by atoms with Crippen LogP contribution >= 0.6 is 24.0 Å². The summed E-state index contributed by atoms with van der Waals surface area (Å²) in [6.07, 6.45) is -2.89. The highest BCUT2D eigenvalue weighted by molar-refractivity contribution is 6.31. The van der Waals surface area contributed by atoms with Gasteiger partial charge >= 0.3 is 6.18 Å². The SMILES string of the molecule is Cl.N[C@H](c1cc(C(F)(F)F)ccc1Cl)C1CCOCC1. The molecule has 7 heteroatoms. The van der Waals surface area contributed by atoms with Gasteiger partial charge < -0.3 is 10.5 Å². The van der Waals surface area contributed by atoms with Crippen molar-refractivity contribution in [3.63, 3.8) is 0 Å². The molecule has 0 saturated carbocycles. The second-order valence-electron chi connectivity index (χ2n) is 4.71. The van der Waals surface area contributed by atoms with Crippen LogP contribution in [0.1, 0.15) is 30.0 Å². The molecule has 0 radical (unpaired) electrons. The molecule has 0 aliphatic carbocycles. The van der Waals surface area contributed by atoms with Crippen molar-refractivity contribution in [3.8, 4) is 0 Å². The van der Waals surface area contributed by atoms with Crippen molar-refractivity contribution in [1.82, 2.24) is 0 Å². The van der Waals surface area contributed by atoms with Crippen LogP contribution in [0.4, 0.5) is 13.2 Å². The molecular weight excluding hydrogens is 314 g/mol. The lowest BCUT2D eigenvalue weighted by atomic mass is 9.87. The number of ether oxygens (including phenoxy) is 1. The first kappa shape index (κ1) is 17.6. The van der Waals surface area contributed by atoms with Crippen molar-refractivity contribution in [2.24, 2.45) is 11.7 Å². The number of nitrogens with two attached hydrogens (primary N) is 1. The maximum atomic E-state index is 12.7. The molecule has 0 bridgehead atoms. The zero-order chi connectivity index (χ0) is 14.0. The van der Waals surface area contributed by atoms with Crippen LogP contribution in [0.25, 0.3) is 0 Å². The monoisotopic (exact) mass is 329 g/mol. The van der Waals surface area contributed by atoms with Gasteiger partial charge in [0.05, 0.1) is 5.56 Å². The zero-order valence-electron chi connectivity index (χ0n) is 10.6. The first-order valence-corrected chi connectivity index (χ1v) is 6.47. The van der Waals surface area contributed by atoms with Gasteiger partial charge in [0, 0.05) is 24.3 Å². The molecule has 1 heterocycles. The topological polar surface area (TPSA) is 35.2 Å². The fourth-order valence-electron chi connectivity index (χ4n) is 2.30. The van der Waals surface area contributed by atoms with Crippen LogP contribution in [0.15, 0.2) is 18.2 Å². The third-order valence-electron chi connectivity index (χ3n) is 3.46. The van der Waals surface area contributed by atoms with Crippen LogP contribution in [-0.2, 0) is 10.9 Å². The summed E-state index contributed by atoms with van der Waals surface area (Å²) in [5.41, 5.74) is 5.73. The average Bonchev–Trinajstić information content (AvgIpc) is 2.38. The fourth-order valence-corrected chi connectivity index (χ4v) is 2.55. The van der Waals surface area contributed by atoms with E-state index in [1.807, 2.05) is 0 Å². The Labute approximate surface area is 126 Å². The molecule has 1 fully saturated rings. The third kappa shape index (κ3) is 4.01. The summed E-state index contributed by atoms with van der Waals surface area (Å²) in [4.78, 5) is 0. The number of alkyl halides is 3. The molecule has 0 unspecified atom stereocenters. The van der Waals surface area contributed by atoms with E-state index >= 15 is 0 Å². The predicted octanol–water partition coefficient (Wildman–Crippen LogP) is 4.21. The molecule has 114 valence electrons. The summed E-state index contributed by atoms with van der Waals surface area (Å²) >= 11 is 5.98. The van der Waals surface area contributed by atoms with E-state index in [0.717, 1.165) is 25.0 Å². The van der Waals surface area contributed by atoms with E-state index in [2.05, 4.69) is 0 Å². The van der Waals surface area contributed by atoms with Crippen molar-refractivity contribution in [2.45, 2.75) is 25.1 Å². The maximum Gasteiger partial charge on any atom is 0.416 e. The second-order valence-corrected chi connectivity index (χ2v) is 5.12. The summed E-state index contributed by atoms with van der Waals surface area (Å²) in [7, 11) is 0. The predicted molar refractivity (Wildman–Crippen MR) is 74.2 cm³/mol. The van der Waals surface area contributed by atoms with E-state index in [1.165, 1.54) is 6.07 Å². The minimum Gasteiger partial charge on any atom is -0.381 e. The lowest BCUT2D eigenvalue weighted by Crippen LogP contribution is -2.28. The third-order valence-corrected chi connectivity index (χ3v) is 3.80. The van der Waals surface area contributed by atoms with Crippen LogP contribution in [0.2, 0.25) is 5.02 Å². The van der Waals surface area contributed by atoms with Gasteiger partial charge in [-0.3, -0.25) is 0 Å². The minimum absolute atomic E-state index is 0. The molecule has 1 saturated heterocycles. The van der Waals surface area contributed by atoms with Crippen molar-refractivity contribution < 1.29 is 17.9 Å². The largest absolute Gasteiger partial charge is 0.416 e. The minimum atomic E-state index is -4.38. The van der Waals surface area contributed by atoms with Gasteiger partial charge in [-0.2, -0.15) is 13.2 Å². The molecule has 1 aromatic carbocycles. The quantitative estimate of drug-likeness (QED) is 0.882. The Morgan fingerprint density at radius 2 is 1.85 bits per heavy atom. The lowest BCUT2D eigenvalue weighted by Gasteiger charge is -2.28. The molecule has 1 aromatic rings. The summed E-state index contributed by atoms with van der Waals surface area (Å²) in [6.45, 7) is 1.18. The Kier molecular flexibility index (Phi) is 6.13. The highest BCUT2D eigenvalue weighted by Gasteiger charge is 2.32. The number of hydrogen-bond donors (Lipinski definition) is 1. The summed E-state index contributed by atoms with van der Waals surface area (Å²) < 4.78 is 43.3. The molecule has 2 nitrogen and oxygen atoms in total. The van der Waals surface area contributed by atoms with Gasteiger partial charge in [-0.15, -0.1) is 12.4 Å². The van der Waals surface area contributed by atoms with E-state index in [9.17, 15) is 13.2 Å². The van der Waals surface area contributed by atoms with Crippen LogP contribution in [0.3, 0.4) is 0 Å². The number of benzene rings is 1. The normalized spacial score (nSPS) is 18.4. The number of hydrogen-bond acceptors (Lipinski definition) is 2. The fraction of sp³-hybridized carbons (Fsp3) is 0.538. The summed E-state index contributed by atoms with van der Waals surface area (Å²) in [6, 6.07) is 2.81. The van der Waals surface area contributed by atoms with Crippen LogP contribution in [-0.4, -0.2) is 13.2 Å². The molecule has 0 aromatic heterocycles. The number of halogens is 5.